The molecule has 19 heavy (non-hydrogen) atoms. The smallest absolute Gasteiger partial charge is 0.111 e. The van der Waals surface area contributed by atoms with Crippen molar-refractivity contribution >= 4 is 27.0 Å². The van der Waals surface area contributed by atoms with Gasteiger partial charge in [-0.3, -0.25) is 0 Å². The summed E-state index contributed by atoms with van der Waals surface area (Å²) in [6.45, 7) is 4.31. The number of nitrogens with zero attached hydrogens (tertiary/aromatic N) is 2. The van der Waals surface area contributed by atoms with E-state index in [-0.39, 0.29) is 0 Å². The zero-order valence-electron chi connectivity index (χ0n) is 11.3. The number of aromatic nitrogens is 2. The lowest BCUT2D eigenvalue weighted by Gasteiger charge is -2.08. The molecule has 0 unspecified atom stereocenters. The first-order chi connectivity index (χ1) is 9.28. The van der Waals surface area contributed by atoms with E-state index in [1.165, 1.54) is 24.2 Å². The number of halogens is 1. The van der Waals surface area contributed by atoms with E-state index in [1.54, 1.807) is 0 Å². The molecule has 1 aliphatic rings. The summed E-state index contributed by atoms with van der Waals surface area (Å²) in [4.78, 5) is 4.80. The molecule has 1 aliphatic carbocycles. The minimum Gasteiger partial charge on any atom is -0.328 e. The molecule has 1 fully saturated rings. The second-order valence-electron chi connectivity index (χ2n) is 5.29. The van der Waals surface area contributed by atoms with Crippen LogP contribution in [0.15, 0.2) is 22.7 Å². The van der Waals surface area contributed by atoms with Gasteiger partial charge in [0.15, 0.2) is 0 Å². The van der Waals surface area contributed by atoms with Crippen molar-refractivity contribution in [2.24, 2.45) is 0 Å². The number of rotatable bonds is 6. The monoisotopic (exact) mass is 321 g/mol. The Morgan fingerprint density at radius 1 is 1.42 bits per heavy atom. The molecule has 102 valence electrons. The Kier molecular flexibility index (Phi) is 3.89. The normalized spacial score (nSPS) is 15.3. The van der Waals surface area contributed by atoms with Gasteiger partial charge in [0.05, 0.1) is 11.0 Å². The van der Waals surface area contributed by atoms with Crippen LogP contribution in [0.1, 0.15) is 32.0 Å². The predicted octanol–water partition coefficient (Wildman–Crippen LogP) is 3.50. The second-order valence-corrected chi connectivity index (χ2v) is 6.21. The molecule has 0 amide bonds. The molecule has 0 aliphatic heterocycles. The number of nitrogens with one attached hydrogen (secondary N) is 1. The van der Waals surface area contributed by atoms with Crippen LogP contribution in [0.25, 0.3) is 11.0 Å². The summed E-state index contributed by atoms with van der Waals surface area (Å²) < 4.78 is 3.47. The maximum Gasteiger partial charge on any atom is 0.111 e. The number of hydrogen-bond donors (Lipinski definition) is 1. The summed E-state index contributed by atoms with van der Waals surface area (Å²) in [6, 6.07) is 7.15. The lowest BCUT2D eigenvalue weighted by molar-refractivity contribution is 0.615. The highest BCUT2D eigenvalue weighted by Gasteiger charge is 2.20. The Morgan fingerprint density at radius 3 is 3.00 bits per heavy atom. The highest BCUT2D eigenvalue weighted by atomic mass is 79.9. The van der Waals surface area contributed by atoms with Crippen molar-refractivity contribution in [2.45, 2.75) is 45.2 Å². The molecule has 2 aromatic rings. The van der Waals surface area contributed by atoms with Gasteiger partial charge < -0.3 is 9.88 Å². The minimum absolute atomic E-state index is 0.776. The first-order valence-corrected chi connectivity index (χ1v) is 7.95. The largest absolute Gasteiger partial charge is 0.328 e. The van der Waals surface area contributed by atoms with E-state index in [4.69, 9.17) is 4.98 Å². The first kappa shape index (κ1) is 13.1. The summed E-state index contributed by atoms with van der Waals surface area (Å²) in [6.07, 6.45) is 4.85. The average Bonchev–Trinajstić information content (AvgIpc) is 3.14. The van der Waals surface area contributed by atoms with E-state index >= 15 is 0 Å². The Labute approximate surface area is 122 Å². The van der Waals surface area contributed by atoms with E-state index in [9.17, 15) is 0 Å². The van der Waals surface area contributed by atoms with Gasteiger partial charge in [-0.1, -0.05) is 22.9 Å². The third-order valence-electron chi connectivity index (χ3n) is 3.60. The highest BCUT2D eigenvalue weighted by Crippen LogP contribution is 2.22. The Bertz CT molecular complexity index is 572. The van der Waals surface area contributed by atoms with Gasteiger partial charge in [0, 0.05) is 30.0 Å². The summed E-state index contributed by atoms with van der Waals surface area (Å²) in [5, 5.41) is 3.57. The number of fused-ring (bicyclic) bond motifs is 1. The van der Waals surface area contributed by atoms with Crippen LogP contribution >= 0.6 is 15.9 Å². The van der Waals surface area contributed by atoms with Crippen LogP contribution in [0.3, 0.4) is 0 Å². The van der Waals surface area contributed by atoms with Crippen LogP contribution in [-0.4, -0.2) is 22.1 Å². The second kappa shape index (κ2) is 5.63. The van der Waals surface area contributed by atoms with Crippen LogP contribution < -0.4 is 5.32 Å². The van der Waals surface area contributed by atoms with Crippen molar-refractivity contribution in [3.8, 4) is 0 Å². The van der Waals surface area contributed by atoms with E-state index in [1.807, 2.05) is 0 Å². The standard InChI is InChI=1S/C15H20BrN3/c1-2-9-19-14-6-3-11(16)10-13(14)18-15(19)7-8-17-12-4-5-12/h3,6,10,12,17H,2,4-5,7-9H2,1H3. The highest BCUT2D eigenvalue weighted by molar-refractivity contribution is 9.10. The third-order valence-corrected chi connectivity index (χ3v) is 4.09. The van der Waals surface area contributed by atoms with Crippen LogP contribution in [0, 0.1) is 0 Å². The van der Waals surface area contributed by atoms with Gasteiger partial charge in [-0.05, 0) is 37.5 Å². The molecule has 0 bridgehead atoms. The van der Waals surface area contributed by atoms with Crippen LogP contribution in [0.5, 0.6) is 0 Å². The lowest BCUT2D eigenvalue weighted by Crippen LogP contribution is -2.20. The molecule has 1 aromatic heterocycles. The molecule has 0 atom stereocenters. The maximum absolute atomic E-state index is 4.80. The summed E-state index contributed by atoms with van der Waals surface area (Å²) in [7, 11) is 0. The molecule has 1 N–H and O–H groups in total. The van der Waals surface area contributed by atoms with Crippen LogP contribution in [-0.2, 0) is 13.0 Å². The van der Waals surface area contributed by atoms with Gasteiger partial charge in [0.25, 0.3) is 0 Å². The summed E-state index contributed by atoms with van der Waals surface area (Å²) in [5.74, 6) is 1.21. The number of benzene rings is 1. The fourth-order valence-corrected chi connectivity index (χ4v) is 2.84. The van der Waals surface area contributed by atoms with Crippen LogP contribution in [0.4, 0.5) is 0 Å². The van der Waals surface area contributed by atoms with Crippen molar-refractivity contribution in [3.05, 3.63) is 28.5 Å². The van der Waals surface area contributed by atoms with Crippen molar-refractivity contribution in [1.29, 1.82) is 0 Å². The molecule has 0 saturated heterocycles. The number of hydrogen-bond acceptors (Lipinski definition) is 2. The van der Waals surface area contributed by atoms with Crippen molar-refractivity contribution < 1.29 is 0 Å². The molecule has 0 radical (unpaired) electrons. The number of aryl methyl sites for hydroxylation is 1. The summed E-state index contributed by atoms with van der Waals surface area (Å²) in [5.41, 5.74) is 2.36. The molecule has 1 heterocycles. The van der Waals surface area contributed by atoms with Crippen LogP contribution in [0.2, 0.25) is 0 Å². The van der Waals surface area contributed by atoms with Crippen molar-refractivity contribution in [2.75, 3.05) is 6.54 Å². The molecule has 4 heteroatoms. The fourth-order valence-electron chi connectivity index (χ4n) is 2.49. The molecule has 3 rings (SSSR count). The average molecular weight is 322 g/mol. The van der Waals surface area contributed by atoms with Gasteiger partial charge in [-0.2, -0.15) is 0 Å². The summed E-state index contributed by atoms with van der Waals surface area (Å²) >= 11 is 3.52. The molecule has 1 saturated carbocycles. The zero-order valence-corrected chi connectivity index (χ0v) is 12.9. The molecular weight excluding hydrogens is 302 g/mol. The van der Waals surface area contributed by atoms with Gasteiger partial charge >= 0.3 is 0 Å². The first-order valence-electron chi connectivity index (χ1n) is 7.16. The lowest BCUT2D eigenvalue weighted by atomic mass is 10.3. The Hall–Kier alpha value is -0.870. The topological polar surface area (TPSA) is 29.9 Å². The fraction of sp³-hybridized carbons (Fsp3) is 0.533. The van der Waals surface area contributed by atoms with E-state index in [0.29, 0.717) is 0 Å². The van der Waals surface area contributed by atoms with E-state index in [2.05, 4.69) is 50.9 Å². The zero-order chi connectivity index (χ0) is 13.2. The number of imidazole rings is 1. The quantitative estimate of drug-likeness (QED) is 0.882. The maximum atomic E-state index is 4.80. The van der Waals surface area contributed by atoms with Gasteiger partial charge in [0.2, 0.25) is 0 Å². The van der Waals surface area contributed by atoms with E-state index < -0.39 is 0 Å². The predicted molar refractivity (Wildman–Crippen MR) is 82.5 cm³/mol. The van der Waals surface area contributed by atoms with Crippen molar-refractivity contribution in [3.63, 3.8) is 0 Å². The molecule has 3 nitrogen and oxygen atoms in total. The molecular formula is C15H20BrN3. The van der Waals surface area contributed by atoms with Crippen molar-refractivity contribution in [1.82, 2.24) is 14.9 Å². The van der Waals surface area contributed by atoms with Gasteiger partial charge in [-0.25, -0.2) is 4.98 Å². The van der Waals surface area contributed by atoms with Gasteiger partial charge in [-0.15, -0.1) is 0 Å². The van der Waals surface area contributed by atoms with Gasteiger partial charge in [0.1, 0.15) is 5.82 Å². The third kappa shape index (κ3) is 3.00. The Balaban J connectivity index is 1.84. The van der Waals surface area contributed by atoms with E-state index in [0.717, 1.165) is 42.0 Å². The molecule has 0 spiro atoms. The molecule has 1 aromatic carbocycles. The minimum atomic E-state index is 0.776. The SMILES string of the molecule is CCCn1c(CCNC2CC2)nc2cc(Br)ccc21. The Morgan fingerprint density at radius 2 is 2.26 bits per heavy atom.